The Morgan fingerprint density at radius 1 is 0.938 bits per heavy atom. The van der Waals surface area contributed by atoms with Crippen LogP contribution in [0.4, 0.5) is 0 Å². The Labute approximate surface area is 101 Å². The summed E-state index contributed by atoms with van der Waals surface area (Å²) in [6.45, 7) is 14.5. The molecule has 0 saturated heterocycles. The molecule has 0 aliphatic rings. The molecule has 0 bridgehead atoms. The number of quaternary nitrogens is 1. The normalized spacial score (nSPS) is 11.8. The van der Waals surface area contributed by atoms with Gasteiger partial charge in [-0.05, 0) is 27.2 Å². The summed E-state index contributed by atoms with van der Waals surface area (Å²) in [5.74, 6) is 0. The Morgan fingerprint density at radius 3 is 1.44 bits per heavy atom. The Kier molecular flexibility index (Phi) is 10.4. The monoisotopic (exact) mass is 409 g/mol. The molecular weight excluding hydrogens is 384 g/mol. The van der Waals surface area contributed by atoms with Gasteiger partial charge in [0.2, 0.25) is 0 Å². The van der Waals surface area contributed by atoms with E-state index in [-0.39, 0.29) is 0 Å². The third-order valence-corrected chi connectivity index (χ3v) is 3.00. The van der Waals surface area contributed by atoms with Gasteiger partial charge in [-0.3, -0.25) is 0 Å². The topological polar surface area (TPSA) is 74.3 Å². The molecule has 5 nitrogen and oxygen atoms in total. The standard InChI is InChI=1S/C10H24N.4O.Re/c1-5-9-10-11(6-2,7-3)8-4;;;;;/h5-10H2,1-4H3;;;;;/q+1;;;;-1;. The second-order valence-electron chi connectivity index (χ2n) is 3.75. The first-order valence-electron chi connectivity index (χ1n) is 5.71. The molecule has 0 atom stereocenters. The van der Waals surface area contributed by atoms with E-state index in [2.05, 4.69) is 27.7 Å². The molecule has 6 heteroatoms. The molecule has 0 spiro atoms. The van der Waals surface area contributed by atoms with Gasteiger partial charge < -0.3 is 4.48 Å². The molecule has 0 unspecified atom stereocenters. The van der Waals surface area contributed by atoms with Gasteiger partial charge in [0, 0.05) is 0 Å². The second-order valence-corrected chi connectivity index (χ2v) is 6.46. The van der Waals surface area contributed by atoms with Crippen LogP contribution in [0.2, 0.25) is 0 Å². The molecule has 0 aromatic carbocycles. The maximum atomic E-state index is 8.64. The van der Waals surface area contributed by atoms with E-state index in [1.54, 1.807) is 0 Å². The summed E-state index contributed by atoms with van der Waals surface area (Å²) < 4.78 is 35.9. The zero-order valence-electron chi connectivity index (χ0n) is 10.7. The van der Waals surface area contributed by atoms with Crippen molar-refractivity contribution >= 4 is 0 Å². The van der Waals surface area contributed by atoms with Gasteiger partial charge in [-0.15, -0.1) is 0 Å². The van der Waals surface area contributed by atoms with Gasteiger partial charge in [0.15, 0.2) is 0 Å². The van der Waals surface area contributed by atoms with Crippen molar-refractivity contribution in [2.45, 2.75) is 40.5 Å². The van der Waals surface area contributed by atoms with Crippen molar-refractivity contribution in [2.24, 2.45) is 0 Å². The van der Waals surface area contributed by atoms with Crippen LogP contribution in [0.3, 0.4) is 0 Å². The Balaban J connectivity index is 0. The molecule has 0 heterocycles. The van der Waals surface area contributed by atoms with Gasteiger partial charge in [-0.25, -0.2) is 0 Å². The van der Waals surface area contributed by atoms with Crippen LogP contribution in [0.5, 0.6) is 0 Å². The van der Waals surface area contributed by atoms with E-state index >= 15 is 0 Å². The van der Waals surface area contributed by atoms with Crippen molar-refractivity contribution in [3.05, 3.63) is 0 Å². The van der Waals surface area contributed by atoms with E-state index in [1.807, 2.05) is 0 Å². The molecule has 0 N–H and O–H groups in total. The minimum absolute atomic E-state index is 1.30. The number of unbranched alkanes of at least 4 members (excludes halogenated alkanes) is 1. The molecule has 0 aliphatic heterocycles. The molecule has 0 rings (SSSR count). The molecule has 0 radical (unpaired) electrons. The van der Waals surface area contributed by atoms with E-state index in [1.165, 1.54) is 43.5 Å². The number of rotatable bonds is 6. The Bertz CT molecular complexity index is 278. The Morgan fingerprint density at radius 2 is 1.25 bits per heavy atom. The predicted octanol–water partition coefficient (Wildman–Crippen LogP) is 1.12. The molecule has 0 aliphatic carbocycles. The summed E-state index contributed by atoms with van der Waals surface area (Å²) in [5, 5.41) is 0. The second kappa shape index (κ2) is 9.06. The maximum absolute atomic E-state index is 8.64. The van der Waals surface area contributed by atoms with E-state index < -0.39 is 15.8 Å². The molecule has 100 valence electrons. The molecule has 0 amide bonds. The van der Waals surface area contributed by atoms with Gasteiger partial charge in [-0.2, -0.15) is 0 Å². The summed E-state index contributed by atoms with van der Waals surface area (Å²) >= 11 is -6.11. The van der Waals surface area contributed by atoms with Gasteiger partial charge in [0.1, 0.15) is 0 Å². The third kappa shape index (κ3) is 12.1. The van der Waals surface area contributed by atoms with Crippen LogP contribution in [-0.4, -0.2) is 30.7 Å². The first kappa shape index (κ1) is 18.4. The average molecular weight is 409 g/mol. The molecule has 0 aromatic heterocycles. The van der Waals surface area contributed by atoms with Crippen molar-refractivity contribution in [3.63, 3.8) is 0 Å². The van der Waals surface area contributed by atoms with Crippen LogP contribution in [-0.2, 0) is 26.2 Å². The number of hydrogen-bond acceptors (Lipinski definition) is 4. The van der Waals surface area contributed by atoms with Crippen molar-refractivity contribution in [3.8, 4) is 0 Å². The van der Waals surface area contributed by atoms with Crippen molar-refractivity contribution in [1.82, 2.24) is 0 Å². The van der Waals surface area contributed by atoms with Gasteiger partial charge in [-0.1, -0.05) is 13.3 Å². The van der Waals surface area contributed by atoms with Crippen LogP contribution in [0.25, 0.3) is 0 Å². The van der Waals surface area contributed by atoms with Crippen LogP contribution >= 0.6 is 0 Å². The van der Waals surface area contributed by atoms with Crippen molar-refractivity contribution < 1.29 is 34.5 Å². The SMILES string of the molecule is CCCC[N+](CC)(CC)CC.[O]=[Re](=[O])(=[O])[O-]. The molecular formula is C10H24NO4Re. The van der Waals surface area contributed by atoms with Crippen LogP contribution in [0.15, 0.2) is 0 Å². The van der Waals surface area contributed by atoms with Crippen LogP contribution < -0.4 is 3.83 Å². The molecule has 0 fully saturated rings. The summed E-state index contributed by atoms with van der Waals surface area (Å²) in [6, 6.07) is 0. The zero-order chi connectivity index (χ0) is 13.2. The zero-order valence-corrected chi connectivity index (χ0v) is 13.4. The van der Waals surface area contributed by atoms with Crippen molar-refractivity contribution in [2.75, 3.05) is 26.2 Å². The van der Waals surface area contributed by atoms with Crippen molar-refractivity contribution in [1.29, 1.82) is 0 Å². The first-order valence-corrected chi connectivity index (χ1v) is 10.1. The predicted molar refractivity (Wildman–Crippen MR) is 53.7 cm³/mol. The summed E-state index contributed by atoms with van der Waals surface area (Å²) in [6.07, 6.45) is 2.72. The molecule has 16 heavy (non-hydrogen) atoms. The van der Waals surface area contributed by atoms with Gasteiger partial charge in [0.25, 0.3) is 0 Å². The fraction of sp³-hybridized carbons (Fsp3) is 1.00. The Hall–Kier alpha value is -0.0177. The summed E-state index contributed by atoms with van der Waals surface area (Å²) in [4.78, 5) is 0. The van der Waals surface area contributed by atoms with Gasteiger partial charge >= 0.3 is 30.0 Å². The first-order chi connectivity index (χ1) is 7.24. The number of hydrogen-bond donors (Lipinski definition) is 0. The third-order valence-electron chi connectivity index (χ3n) is 3.00. The van der Waals surface area contributed by atoms with Gasteiger partial charge in [0.05, 0.1) is 26.2 Å². The molecule has 0 saturated carbocycles. The summed E-state index contributed by atoms with van der Waals surface area (Å²) in [5.41, 5.74) is 0. The van der Waals surface area contributed by atoms with E-state index in [0.717, 1.165) is 0 Å². The minimum atomic E-state index is -6.11. The van der Waals surface area contributed by atoms with Crippen LogP contribution in [0.1, 0.15) is 40.5 Å². The number of nitrogens with zero attached hydrogens (tertiary/aromatic N) is 1. The van der Waals surface area contributed by atoms with E-state index in [4.69, 9.17) is 14.2 Å². The van der Waals surface area contributed by atoms with E-state index in [0.29, 0.717) is 0 Å². The van der Waals surface area contributed by atoms with Crippen LogP contribution in [0, 0.1) is 0 Å². The fourth-order valence-corrected chi connectivity index (χ4v) is 1.64. The van der Waals surface area contributed by atoms with E-state index in [9.17, 15) is 0 Å². The average Bonchev–Trinajstić information content (AvgIpc) is 2.19. The fourth-order valence-electron chi connectivity index (χ4n) is 1.64. The molecule has 0 aromatic rings. The summed E-state index contributed by atoms with van der Waals surface area (Å²) in [7, 11) is 0. The quantitative estimate of drug-likeness (QED) is 0.617.